The van der Waals surface area contributed by atoms with Crippen molar-refractivity contribution in [1.29, 1.82) is 0 Å². The van der Waals surface area contributed by atoms with Crippen molar-refractivity contribution in [2.45, 2.75) is 50.9 Å². The Morgan fingerprint density at radius 3 is 1.40 bits per heavy atom. The molecule has 1 aliphatic heterocycles. The molecule has 0 unspecified atom stereocenters. The summed E-state index contributed by atoms with van der Waals surface area (Å²) in [6.07, 6.45) is 5.27. The van der Waals surface area contributed by atoms with Gasteiger partial charge in [0.05, 0.1) is 0 Å². The Morgan fingerprint density at radius 2 is 1.07 bits per heavy atom. The molecule has 1 saturated heterocycles. The first-order chi connectivity index (χ1) is 14.4. The molecule has 2 atom stereocenters. The van der Waals surface area contributed by atoms with Crippen LogP contribution in [0.25, 0.3) is 0 Å². The van der Waals surface area contributed by atoms with Crippen LogP contribution in [-0.4, -0.2) is 70.3 Å². The van der Waals surface area contributed by atoms with E-state index in [0.29, 0.717) is 12.1 Å². The summed E-state index contributed by atoms with van der Waals surface area (Å²) >= 11 is 3.45. The van der Waals surface area contributed by atoms with Crippen LogP contribution in [-0.2, 0) is 13.1 Å². The van der Waals surface area contributed by atoms with E-state index in [0.717, 1.165) is 13.1 Å². The second-order valence-corrected chi connectivity index (χ2v) is 9.85. The van der Waals surface area contributed by atoms with Gasteiger partial charge in [-0.05, 0) is 0 Å². The molecule has 0 bridgehead atoms. The van der Waals surface area contributed by atoms with Crippen LogP contribution in [0.4, 0.5) is 11.4 Å². The maximum atomic E-state index is 3.45. The molecule has 5 heteroatoms. The molecular formula is C25H34N4Se. The van der Waals surface area contributed by atoms with Gasteiger partial charge in [0, 0.05) is 0 Å². The number of anilines is 2. The Hall–Kier alpha value is -1.97. The van der Waals surface area contributed by atoms with Crippen LogP contribution in [0, 0.1) is 0 Å². The van der Waals surface area contributed by atoms with Crippen molar-refractivity contribution >= 4 is 31.6 Å². The fraction of sp³-hybridized carbons (Fsp3) is 0.480. The number of fused-ring (bicyclic) bond motifs is 1. The molecule has 0 N–H and O–H groups in total. The Labute approximate surface area is 189 Å². The van der Waals surface area contributed by atoms with Gasteiger partial charge < -0.3 is 0 Å². The summed E-state index contributed by atoms with van der Waals surface area (Å²) in [5.41, 5.74) is 5.28. The van der Waals surface area contributed by atoms with Crippen molar-refractivity contribution in [2.75, 3.05) is 38.0 Å². The molecule has 0 radical (unpaired) electrons. The topological polar surface area (TPSA) is 13.0 Å². The molecule has 2 aliphatic rings. The summed E-state index contributed by atoms with van der Waals surface area (Å²) in [6.45, 7) is 1.96. The molecule has 0 amide bonds. The van der Waals surface area contributed by atoms with Crippen LogP contribution in [0.1, 0.15) is 36.8 Å². The maximum absolute atomic E-state index is 3.45. The van der Waals surface area contributed by atoms with Crippen LogP contribution in [0.15, 0.2) is 48.5 Å². The van der Waals surface area contributed by atoms with E-state index in [9.17, 15) is 0 Å². The summed E-state index contributed by atoms with van der Waals surface area (Å²) in [6, 6.07) is 19.3. The van der Waals surface area contributed by atoms with E-state index in [1.54, 1.807) is 0 Å². The number of hydrogen-bond donors (Lipinski definition) is 0. The van der Waals surface area contributed by atoms with Crippen LogP contribution in [0.5, 0.6) is 0 Å². The molecule has 1 saturated carbocycles. The van der Waals surface area contributed by atoms with Crippen molar-refractivity contribution in [3.05, 3.63) is 59.7 Å². The average Bonchev–Trinajstić information content (AvgIpc) is 3.00. The average molecular weight is 470 g/mol. The molecule has 2 aromatic carbocycles. The van der Waals surface area contributed by atoms with Gasteiger partial charge in [0.2, 0.25) is 0 Å². The molecular weight excluding hydrogens is 435 g/mol. The summed E-state index contributed by atoms with van der Waals surface area (Å²) in [4.78, 5) is 9.57. The fourth-order valence-corrected chi connectivity index (χ4v) is 5.67. The van der Waals surface area contributed by atoms with Crippen molar-refractivity contribution in [1.82, 2.24) is 9.80 Å². The third-order valence-electron chi connectivity index (χ3n) is 6.60. The molecule has 2 fully saturated rings. The van der Waals surface area contributed by atoms with E-state index in [-0.39, 0.29) is 0 Å². The quantitative estimate of drug-likeness (QED) is 0.598. The zero-order valence-corrected chi connectivity index (χ0v) is 20.4. The minimum atomic E-state index is 0.615. The standard InChI is InChI=1S/C25H34N4Se/c1-26(2)21-13-9-19(10-14-21)17-28-23-7-5-6-8-24(23)29(25(28)30)18-20-11-15-22(16-12-20)27(3)4/h9-16,23-24H,5-8,17-18H2,1-4H3/t23-,24-/m1/s1. The van der Waals surface area contributed by atoms with Gasteiger partial charge in [-0.1, -0.05) is 0 Å². The first-order valence-corrected chi connectivity index (χ1v) is 11.9. The van der Waals surface area contributed by atoms with Gasteiger partial charge >= 0.3 is 190 Å². The molecule has 30 heavy (non-hydrogen) atoms. The van der Waals surface area contributed by atoms with Crippen molar-refractivity contribution in [2.24, 2.45) is 0 Å². The molecule has 1 heterocycles. The van der Waals surface area contributed by atoms with E-state index in [4.69, 9.17) is 0 Å². The molecule has 0 aromatic heterocycles. The summed E-state index contributed by atoms with van der Waals surface area (Å²) in [5, 5.41) is 0. The van der Waals surface area contributed by atoms with Crippen LogP contribution < -0.4 is 9.80 Å². The molecule has 1 aliphatic carbocycles. The van der Waals surface area contributed by atoms with Crippen molar-refractivity contribution in [3.63, 3.8) is 0 Å². The van der Waals surface area contributed by atoms with Crippen molar-refractivity contribution in [3.8, 4) is 0 Å². The molecule has 4 nitrogen and oxygen atoms in total. The van der Waals surface area contributed by atoms with Gasteiger partial charge in [0.1, 0.15) is 0 Å². The van der Waals surface area contributed by atoms with Gasteiger partial charge in [-0.25, -0.2) is 0 Å². The van der Waals surface area contributed by atoms with Gasteiger partial charge in [0.25, 0.3) is 0 Å². The van der Waals surface area contributed by atoms with Crippen LogP contribution >= 0.6 is 0 Å². The Kier molecular flexibility index (Phi) is 6.40. The first-order valence-electron chi connectivity index (χ1n) is 11.0. The summed E-state index contributed by atoms with van der Waals surface area (Å²) in [5.74, 6) is 0. The van der Waals surface area contributed by atoms with Crippen LogP contribution in [0.2, 0.25) is 0 Å². The third kappa shape index (κ3) is 4.38. The van der Waals surface area contributed by atoms with E-state index in [1.165, 1.54) is 52.9 Å². The monoisotopic (exact) mass is 470 g/mol. The zero-order chi connectivity index (χ0) is 21.3. The number of hydrogen-bond acceptors (Lipinski definition) is 4. The molecule has 160 valence electrons. The predicted molar refractivity (Wildman–Crippen MR) is 129 cm³/mol. The predicted octanol–water partition coefficient (Wildman–Crippen LogP) is 3.70. The minimum absolute atomic E-state index is 0.615. The van der Waals surface area contributed by atoms with E-state index < -0.39 is 0 Å². The Morgan fingerprint density at radius 1 is 0.700 bits per heavy atom. The first kappa shape index (κ1) is 21.3. The van der Waals surface area contributed by atoms with Gasteiger partial charge in [-0.3, -0.25) is 0 Å². The molecule has 0 spiro atoms. The Balaban J connectivity index is 1.51. The van der Waals surface area contributed by atoms with Gasteiger partial charge in [-0.15, -0.1) is 0 Å². The number of benzene rings is 2. The van der Waals surface area contributed by atoms with E-state index in [2.05, 4.69) is 112 Å². The number of rotatable bonds is 6. The van der Waals surface area contributed by atoms with E-state index >= 15 is 0 Å². The molecule has 4 rings (SSSR count). The Bertz CT molecular complexity index is 788. The SMILES string of the molecule is CN(C)c1ccc(CN2C(=[Se])N(Cc3ccc(N(C)C)cc3)[C@@H]3CCCC[C@H]32)cc1. The third-order valence-corrected chi connectivity index (χ3v) is 7.58. The second kappa shape index (κ2) is 9.03. The number of nitrogens with zero attached hydrogens (tertiary/aromatic N) is 4. The van der Waals surface area contributed by atoms with Crippen LogP contribution in [0.3, 0.4) is 0 Å². The van der Waals surface area contributed by atoms with Gasteiger partial charge in [-0.2, -0.15) is 0 Å². The van der Waals surface area contributed by atoms with E-state index in [1.807, 2.05) is 0 Å². The summed E-state index contributed by atoms with van der Waals surface area (Å²) < 4.78 is 1.32. The fourth-order valence-electron chi connectivity index (χ4n) is 4.83. The summed E-state index contributed by atoms with van der Waals surface area (Å²) in [7, 11) is 8.38. The second-order valence-electron chi connectivity index (χ2n) is 9.08. The van der Waals surface area contributed by atoms with Gasteiger partial charge in [0.15, 0.2) is 0 Å². The molecule has 2 aromatic rings. The zero-order valence-electron chi connectivity index (χ0n) is 18.7. The van der Waals surface area contributed by atoms with Crippen molar-refractivity contribution < 1.29 is 0 Å². The normalized spacial score (nSPS) is 21.0.